The van der Waals surface area contributed by atoms with Crippen LogP contribution < -0.4 is 16.3 Å². The van der Waals surface area contributed by atoms with Crippen LogP contribution in [0.25, 0.3) is 0 Å². The number of amides is 2. The van der Waals surface area contributed by atoms with Crippen LogP contribution in [0.4, 0.5) is 0 Å². The van der Waals surface area contributed by atoms with Gasteiger partial charge >= 0.3 is 0 Å². The van der Waals surface area contributed by atoms with Gasteiger partial charge in [-0.05, 0) is 0 Å². The van der Waals surface area contributed by atoms with Crippen molar-refractivity contribution >= 4 is 38.0 Å². The summed E-state index contributed by atoms with van der Waals surface area (Å²) in [6, 6.07) is 18.5. The number of hydrogen-bond acceptors (Lipinski definition) is 4. The molecule has 2 N–H and O–H groups in total. The molecule has 2 rings (SSSR count). The molecule has 6 nitrogen and oxygen atoms in total. The molecule has 28 heavy (non-hydrogen) atoms. The van der Waals surface area contributed by atoms with E-state index in [1.54, 1.807) is 0 Å². The summed E-state index contributed by atoms with van der Waals surface area (Å²) in [5, 5.41) is 1.46. The third-order valence-corrected chi connectivity index (χ3v) is 7.91. The topological polar surface area (TPSA) is 97.5 Å². The summed E-state index contributed by atoms with van der Waals surface area (Å²) >= 11 is 0. The second-order valence-electron chi connectivity index (χ2n) is 6.33. The molecule has 2 aromatic carbocycles. The lowest BCUT2D eigenvalue weighted by Gasteiger charge is -2.26. The Morgan fingerprint density at radius 2 is 1.43 bits per heavy atom. The number of nitrogens with zero attached hydrogens (tertiary/aromatic N) is 1. The van der Waals surface area contributed by atoms with Gasteiger partial charge in [0.15, 0.2) is 8.46 Å². The molecule has 0 saturated carbocycles. The molecule has 0 aliphatic rings. The molecular weight excluding hydrogens is 394 g/mol. The van der Waals surface area contributed by atoms with E-state index < -0.39 is 13.0 Å². The lowest BCUT2D eigenvalue weighted by Crippen LogP contribution is -2.37. The number of nitrogens with two attached hydrogens (primary N) is 1. The normalized spacial score (nSPS) is 11.3. The van der Waals surface area contributed by atoms with Crippen molar-refractivity contribution in [3.8, 4) is 0 Å². The highest BCUT2D eigenvalue weighted by atomic mass is 31.2. The molecule has 0 aliphatic carbocycles. The predicted molar refractivity (Wildman–Crippen MR) is 112 cm³/mol. The number of carbonyl (C=O) groups excluding carboxylic acids is 2. The van der Waals surface area contributed by atoms with Crippen LogP contribution in [0.2, 0.25) is 0 Å². The Kier molecular flexibility index (Phi) is 8.56. The number of hydrogen-bond donors (Lipinski definition) is 1. The second-order valence-corrected chi connectivity index (χ2v) is 10.00. The van der Waals surface area contributed by atoms with Gasteiger partial charge in [0.05, 0.1) is 0 Å². The summed E-state index contributed by atoms with van der Waals surface area (Å²) in [5.41, 5.74) is 5.13. The van der Waals surface area contributed by atoms with Crippen LogP contribution >= 0.6 is 15.6 Å². The van der Waals surface area contributed by atoms with E-state index in [1.807, 2.05) is 60.7 Å². The molecule has 8 heteroatoms. The Morgan fingerprint density at radius 1 is 0.893 bits per heavy atom. The van der Waals surface area contributed by atoms with Crippen molar-refractivity contribution in [3.05, 3.63) is 60.7 Å². The largest absolute Gasteiger partial charge is 0.370 e. The van der Waals surface area contributed by atoms with Crippen molar-refractivity contribution in [2.24, 2.45) is 5.73 Å². The molecule has 0 spiro atoms. The summed E-state index contributed by atoms with van der Waals surface area (Å²) < 4.78 is 24.9. The molecule has 0 fully saturated rings. The maximum absolute atomic E-state index is 14.0. The first-order valence-electron chi connectivity index (χ1n) is 9.03. The summed E-state index contributed by atoms with van der Waals surface area (Å²) in [5.74, 6) is -0.801. The summed E-state index contributed by atoms with van der Waals surface area (Å²) in [6.07, 6.45) is 0.494. The summed E-state index contributed by atoms with van der Waals surface area (Å²) in [6.45, 7) is 0.514. The Bertz CT molecular complexity index is 800. The van der Waals surface area contributed by atoms with Gasteiger partial charge in [-0.1, -0.05) is 60.7 Å². The van der Waals surface area contributed by atoms with Crippen LogP contribution in [-0.4, -0.2) is 42.1 Å². The molecule has 0 bridgehead atoms. The predicted octanol–water partition coefficient (Wildman–Crippen LogP) is 2.39. The SMILES string of the molecule is NC(=O)CCC(=O)N(CCP=O)CCP(=O)(c1ccccc1)c1ccccc1. The Balaban J connectivity index is 2.24. The van der Waals surface area contributed by atoms with Gasteiger partial charge < -0.3 is 15.2 Å². The molecule has 0 saturated heterocycles. The maximum atomic E-state index is 14.0. The highest BCUT2D eigenvalue weighted by Gasteiger charge is 2.28. The Labute approximate surface area is 166 Å². The van der Waals surface area contributed by atoms with Gasteiger partial charge in [-0.15, -0.1) is 0 Å². The standard InChI is InChI=1S/C20H24N2O4P2/c21-19(23)11-12-20(24)22(13-15-27-25)14-16-28(26,17-7-3-1-4-8-17)18-9-5-2-6-10-18/h1-10H,11-16H2,(H2,21,23). The first-order chi connectivity index (χ1) is 13.5. The van der Waals surface area contributed by atoms with Gasteiger partial charge in [0.25, 0.3) is 0 Å². The van der Waals surface area contributed by atoms with Crippen molar-refractivity contribution in [2.75, 3.05) is 25.4 Å². The van der Waals surface area contributed by atoms with Gasteiger partial charge in [-0.2, -0.15) is 0 Å². The summed E-state index contributed by atoms with van der Waals surface area (Å²) in [7, 11) is -3.02. The van der Waals surface area contributed by atoms with Crippen molar-refractivity contribution in [1.82, 2.24) is 4.90 Å². The van der Waals surface area contributed by atoms with Crippen molar-refractivity contribution in [1.29, 1.82) is 0 Å². The number of benzene rings is 2. The van der Waals surface area contributed by atoms with E-state index in [1.165, 1.54) is 4.90 Å². The van der Waals surface area contributed by atoms with Gasteiger partial charge in [-0.25, -0.2) is 0 Å². The maximum Gasteiger partial charge on any atom is 0.223 e. The molecule has 0 unspecified atom stereocenters. The lowest BCUT2D eigenvalue weighted by atomic mass is 10.2. The number of rotatable bonds is 11. The molecule has 0 atom stereocenters. The van der Waals surface area contributed by atoms with Crippen LogP contribution in [0.15, 0.2) is 60.7 Å². The molecule has 0 radical (unpaired) electrons. The van der Waals surface area contributed by atoms with Gasteiger partial charge in [0.2, 0.25) is 11.8 Å². The monoisotopic (exact) mass is 418 g/mol. The van der Waals surface area contributed by atoms with Crippen molar-refractivity contribution < 1.29 is 18.7 Å². The van der Waals surface area contributed by atoms with Crippen molar-refractivity contribution in [2.45, 2.75) is 12.8 Å². The molecule has 2 amide bonds. The molecule has 2 aromatic rings. The second kappa shape index (κ2) is 10.9. The fourth-order valence-electron chi connectivity index (χ4n) is 2.92. The molecule has 148 valence electrons. The zero-order valence-corrected chi connectivity index (χ0v) is 17.4. The smallest absolute Gasteiger partial charge is 0.223 e. The van der Waals surface area contributed by atoms with Gasteiger partial charge in [-0.3, -0.25) is 14.2 Å². The molecular formula is C20H24N2O4P2. The van der Waals surface area contributed by atoms with Crippen LogP contribution in [-0.2, 0) is 18.7 Å². The first kappa shape index (κ1) is 22.0. The first-order valence-corrected chi connectivity index (χ1v) is 11.9. The summed E-state index contributed by atoms with van der Waals surface area (Å²) in [4.78, 5) is 25.0. The Morgan fingerprint density at radius 3 is 1.89 bits per heavy atom. The third kappa shape index (κ3) is 6.12. The van der Waals surface area contributed by atoms with Gasteiger partial charge in [0.1, 0.15) is 7.14 Å². The van der Waals surface area contributed by atoms with Gasteiger partial charge in [0, 0.05) is 48.9 Å². The van der Waals surface area contributed by atoms with E-state index in [4.69, 9.17) is 5.73 Å². The van der Waals surface area contributed by atoms with Crippen LogP contribution in [0.3, 0.4) is 0 Å². The van der Waals surface area contributed by atoms with E-state index in [9.17, 15) is 18.7 Å². The number of primary amides is 1. The highest BCUT2D eigenvalue weighted by Crippen LogP contribution is 2.43. The van der Waals surface area contributed by atoms with E-state index in [2.05, 4.69) is 0 Å². The van der Waals surface area contributed by atoms with Crippen LogP contribution in [0, 0.1) is 0 Å². The Hall–Kier alpha value is -2.29. The minimum atomic E-state index is -2.95. The lowest BCUT2D eigenvalue weighted by molar-refractivity contribution is -0.132. The minimum Gasteiger partial charge on any atom is -0.370 e. The van der Waals surface area contributed by atoms with E-state index >= 15 is 0 Å². The molecule has 0 aliphatic heterocycles. The van der Waals surface area contributed by atoms with Crippen LogP contribution in [0.1, 0.15) is 12.8 Å². The molecule has 0 aromatic heterocycles. The van der Waals surface area contributed by atoms with E-state index in [-0.39, 0.29) is 52.6 Å². The average molecular weight is 418 g/mol. The average Bonchev–Trinajstić information content (AvgIpc) is 2.73. The fraction of sp³-hybridized carbons (Fsp3) is 0.300. The van der Waals surface area contributed by atoms with E-state index in [0.717, 1.165) is 10.6 Å². The van der Waals surface area contributed by atoms with E-state index in [0.29, 0.717) is 0 Å². The third-order valence-electron chi connectivity index (χ3n) is 4.43. The molecule has 0 heterocycles. The van der Waals surface area contributed by atoms with Crippen molar-refractivity contribution in [3.63, 3.8) is 0 Å². The quantitative estimate of drug-likeness (QED) is 0.567. The zero-order valence-electron chi connectivity index (χ0n) is 15.6. The fourth-order valence-corrected chi connectivity index (χ4v) is 5.89. The minimum absolute atomic E-state index is 0.00788. The number of carbonyl (C=O) groups is 2. The zero-order chi connectivity index (χ0) is 20.4. The van der Waals surface area contributed by atoms with Crippen LogP contribution in [0.5, 0.6) is 0 Å². The highest BCUT2D eigenvalue weighted by molar-refractivity contribution is 7.78.